The summed E-state index contributed by atoms with van der Waals surface area (Å²) >= 11 is 0. The lowest BCUT2D eigenvalue weighted by atomic mass is 9.86. The molecule has 1 heteroatoms. The van der Waals surface area contributed by atoms with Crippen LogP contribution in [0.2, 0.25) is 0 Å². The van der Waals surface area contributed by atoms with Crippen molar-refractivity contribution >= 4 is 21.8 Å². The zero-order valence-corrected chi connectivity index (χ0v) is 19.9. The molecule has 1 heterocycles. The Morgan fingerprint density at radius 2 is 1.31 bits per heavy atom. The number of nitrogens with zero attached hydrogens (tertiary/aromatic N) is 1. The van der Waals surface area contributed by atoms with Crippen LogP contribution in [0.5, 0.6) is 0 Å². The van der Waals surface area contributed by atoms with Crippen LogP contribution in [0.25, 0.3) is 32.9 Å². The Kier molecular flexibility index (Phi) is 7.93. The number of unbranched alkanes of at least 4 members (excludes halogenated alkanes) is 6. The van der Waals surface area contributed by atoms with E-state index in [0.29, 0.717) is 0 Å². The number of rotatable bonds is 11. The molecule has 0 unspecified atom stereocenters. The average molecular weight is 424 g/mol. The van der Waals surface area contributed by atoms with Crippen molar-refractivity contribution < 1.29 is 0 Å². The zero-order chi connectivity index (χ0) is 22.2. The van der Waals surface area contributed by atoms with Crippen LogP contribution in [0.3, 0.4) is 0 Å². The average Bonchev–Trinajstić information content (AvgIpc) is 2.83. The Balaban J connectivity index is 1.88. The Morgan fingerprint density at radius 1 is 0.625 bits per heavy atom. The molecule has 0 radical (unpaired) electrons. The summed E-state index contributed by atoms with van der Waals surface area (Å²) < 4.78 is 0. The summed E-state index contributed by atoms with van der Waals surface area (Å²) in [6, 6.07) is 24.3. The van der Waals surface area contributed by atoms with E-state index in [1.807, 2.05) is 0 Å². The van der Waals surface area contributed by atoms with Crippen LogP contribution in [-0.4, -0.2) is 4.98 Å². The van der Waals surface area contributed by atoms with Gasteiger partial charge in [-0.05, 0) is 66.1 Å². The van der Waals surface area contributed by atoms with E-state index in [-0.39, 0.29) is 0 Å². The van der Waals surface area contributed by atoms with E-state index in [2.05, 4.69) is 80.6 Å². The van der Waals surface area contributed by atoms with Gasteiger partial charge in [-0.25, -0.2) is 4.98 Å². The van der Waals surface area contributed by atoms with Gasteiger partial charge in [0, 0.05) is 10.8 Å². The monoisotopic (exact) mass is 423 g/mol. The third-order valence-electron chi connectivity index (χ3n) is 6.67. The number of para-hydroxylation sites is 1. The van der Waals surface area contributed by atoms with Crippen LogP contribution in [0, 0.1) is 0 Å². The number of aromatic nitrogens is 1. The number of hydrogen-bond acceptors (Lipinski definition) is 1. The Morgan fingerprint density at radius 3 is 2.06 bits per heavy atom. The molecule has 1 aromatic heterocycles. The smallest absolute Gasteiger partial charge is 0.0718 e. The molecule has 32 heavy (non-hydrogen) atoms. The van der Waals surface area contributed by atoms with Crippen molar-refractivity contribution in [2.45, 2.75) is 78.1 Å². The molecule has 166 valence electrons. The molecule has 0 saturated heterocycles. The summed E-state index contributed by atoms with van der Waals surface area (Å²) in [7, 11) is 0. The first-order chi connectivity index (χ1) is 15.8. The van der Waals surface area contributed by atoms with Crippen molar-refractivity contribution in [1.82, 2.24) is 4.98 Å². The molecule has 0 bridgehead atoms. The van der Waals surface area contributed by atoms with Crippen LogP contribution in [0.15, 0.2) is 66.7 Å². The van der Waals surface area contributed by atoms with Gasteiger partial charge in [0.1, 0.15) is 0 Å². The summed E-state index contributed by atoms with van der Waals surface area (Å²) in [5.41, 5.74) is 8.07. The van der Waals surface area contributed by atoms with E-state index in [9.17, 15) is 0 Å². The second kappa shape index (κ2) is 11.3. The first-order valence-corrected chi connectivity index (χ1v) is 12.7. The van der Waals surface area contributed by atoms with E-state index in [0.717, 1.165) is 23.9 Å². The summed E-state index contributed by atoms with van der Waals surface area (Å²) in [5.74, 6) is 0. The van der Waals surface area contributed by atoms with Gasteiger partial charge in [0.05, 0.1) is 11.0 Å². The maximum absolute atomic E-state index is 5.12. The van der Waals surface area contributed by atoms with Crippen molar-refractivity contribution in [3.63, 3.8) is 0 Å². The largest absolute Gasteiger partial charge is 0.248 e. The van der Waals surface area contributed by atoms with Gasteiger partial charge in [0.2, 0.25) is 0 Å². The van der Waals surface area contributed by atoms with E-state index in [1.165, 1.54) is 78.8 Å². The van der Waals surface area contributed by atoms with Crippen molar-refractivity contribution in [3.8, 4) is 11.1 Å². The van der Waals surface area contributed by atoms with Crippen molar-refractivity contribution in [2.75, 3.05) is 0 Å². The second-order valence-corrected chi connectivity index (χ2v) is 9.12. The van der Waals surface area contributed by atoms with Gasteiger partial charge >= 0.3 is 0 Å². The molecule has 4 aromatic rings. The van der Waals surface area contributed by atoms with Gasteiger partial charge < -0.3 is 0 Å². The highest BCUT2D eigenvalue weighted by molar-refractivity contribution is 6.03. The van der Waals surface area contributed by atoms with E-state index in [4.69, 9.17) is 4.98 Å². The van der Waals surface area contributed by atoms with Crippen LogP contribution in [-0.2, 0) is 12.8 Å². The predicted molar refractivity (Wildman–Crippen MR) is 140 cm³/mol. The molecule has 0 aliphatic heterocycles. The second-order valence-electron chi connectivity index (χ2n) is 9.12. The molecular weight excluding hydrogens is 386 g/mol. The lowest BCUT2D eigenvalue weighted by Crippen LogP contribution is -2.02. The highest BCUT2D eigenvalue weighted by atomic mass is 14.7. The first kappa shape index (κ1) is 22.5. The fraction of sp³-hybridized carbons (Fsp3) is 0.387. The van der Waals surface area contributed by atoms with Gasteiger partial charge in [0.15, 0.2) is 0 Å². The highest BCUT2D eigenvalue weighted by Gasteiger charge is 2.16. The van der Waals surface area contributed by atoms with Crippen LogP contribution in [0.4, 0.5) is 0 Å². The number of aryl methyl sites for hydroxylation is 1. The molecule has 1 nitrogen and oxygen atoms in total. The molecule has 0 N–H and O–H groups in total. The molecular formula is C31H37N. The van der Waals surface area contributed by atoms with Crippen LogP contribution in [0.1, 0.15) is 76.3 Å². The van der Waals surface area contributed by atoms with E-state index >= 15 is 0 Å². The van der Waals surface area contributed by atoms with Crippen molar-refractivity contribution in [3.05, 3.63) is 77.9 Å². The third-order valence-corrected chi connectivity index (χ3v) is 6.67. The minimum Gasteiger partial charge on any atom is -0.248 e. The molecule has 3 aromatic carbocycles. The number of fused-ring (bicyclic) bond motifs is 2. The van der Waals surface area contributed by atoms with Gasteiger partial charge in [-0.15, -0.1) is 0 Å². The van der Waals surface area contributed by atoms with Gasteiger partial charge in [0.25, 0.3) is 0 Å². The lowest BCUT2D eigenvalue weighted by Gasteiger charge is -2.19. The number of pyridine rings is 1. The summed E-state index contributed by atoms with van der Waals surface area (Å²) in [5, 5.41) is 2.53. The quantitative estimate of drug-likeness (QED) is 0.173. The minimum absolute atomic E-state index is 1.09. The third kappa shape index (κ3) is 5.21. The molecule has 0 fully saturated rings. The van der Waals surface area contributed by atoms with Crippen LogP contribution >= 0.6 is 0 Å². The van der Waals surface area contributed by atoms with Crippen molar-refractivity contribution in [2.24, 2.45) is 0 Å². The fourth-order valence-corrected chi connectivity index (χ4v) is 4.93. The molecule has 0 aliphatic rings. The predicted octanol–water partition coefficient (Wildman–Crippen LogP) is 9.30. The lowest BCUT2D eigenvalue weighted by molar-refractivity contribution is 0.651. The zero-order valence-electron chi connectivity index (χ0n) is 19.9. The van der Waals surface area contributed by atoms with Gasteiger partial charge in [-0.3, -0.25) is 0 Å². The maximum Gasteiger partial charge on any atom is 0.0718 e. The molecule has 4 rings (SSSR count). The maximum atomic E-state index is 5.12. The first-order valence-electron chi connectivity index (χ1n) is 12.7. The number of benzene rings is 3. The van der Waals surface area contributed by atoms with E-state index < -0.39 is 0 Å². The van der Waals surface area contributed by atoms with E-state index in [1.54, 1.807) is 5.56 Å². The molecule has 0 atom stereocenters. The Labute approximate surface area is 193 Å². The van der Waals surface area contributed by atoms with Crippen LogP contribution < -0.4 is 0 Å². The number of hydrogen-bond donors (Lipinski definition) is 0. The summed E-state index contributed by atoms with van der Waals surface area (Å²) in [6.07, 6.45) is 12.7. The Bertz CT molecular complexity index is 1140. The van der Waals surface area contributed by atoms with Gasteiger partial charge in [-0.1, -0.05) is 101 Å². The molecule has 0 saturated carbocycles. The van der Waals surface area contributed by atoms with Crippen molar-refractivity contribution in [1.29, 1.82) is 0 Å². The normalized spacial score (nSPS) is 11.4. The molecule has 0 amide bonds. The summed E-state index contributed by atoms with van der Waals surface area (Å²) in [4.78, 5) is 5.12. The standard InChI is InChI=1S/C31H37N/c1-3-5-7-10-18-25-23-30-28(22-26-19-14-15-21-29(26)32-30)31(24-16-11-9-12-17-24)27(25)20-13-8-6-4-2/h9,11-12,14-17,19,21-23H,3-8,10,13,18,20H2,1-2H3. The fourth-order valence-electron chi connectivity index (χ4n) is 4.93. The molecule has 0 spiro atoms. The van der Waals surface area contributed by atoms with Gasteiger partial charge in [-0.2, -0.15) is 0 Å². The summed E-state index contributed by atoms with van der Waals surface area (Å²) in [6.45, 7) is 4.58. The SMILES string of the molecule is CCCCCCc1cc2nc3ccccc3cc2c(-c2ccccc2)c1CCCCCC. The highest BCUT2D eigenvalue weighted by Crippen LogP contribution is 2.37. The molecule has 0 aliphatic carbocycles. The minimum atomic E-state index is 1.09. The Hall–Kier alpha value is -2.67. The topological polar surface area (TPSA) is 12.9 Å².